The highest BCUT2D eigenvalue weighted by Gasteiger charge is 2.30. The molecule has 0 spiro atoms. The molecule has 0 amide bonds. The molecular formula is C11H21F3N4. The zero-order valence-electron chi connectivity index (χ0n) is 10.6. The highest BCUT2D eigenvalue weighted by atomic mass is 19.4. The van der Waals surface area contributed by atoms with Crippen LogP contribution in [0.15, 0.2) is 4.99 Å². The zero-order chi connectivity index (χ0) is 13.6. The first kappa shape index (κ1) is 15.1. The van der Waals surface area contributed by atoms with Gasteiger partial charge in [0, 0.05) is 6.04 Å². The summed E-state index contributed by atoms with van der Waals surface area (Å²) in [4.78, 5) is 4.33. The number of hydrogen-bond acceptors (Lipinski definition) is 2. The Hall–Kier alpha value is -0.980. The van der Waals surface area contributed by atoms with Crippen LogP contribution in [0.3, 0.4) is 0 Å². The summed E-state index contributed by atoms with van der Waals surface area (Å²) < 4.78 is 36.6. The molecule has 1 unspecified atom stereocenters. The van der Waals surface area contributed by atoms with Crippen LogP contribution in [-0.4, -0.2) is 24.2 Å². The van der Waals surface area contributed by atoms with E-state index < -0.39 is 18.6 Å². The summed E-state index contributed by atoms with van der Waals surface area (Å²) >= 11 is 0. The number of alkyl halides is 3. The lowest BCUT2D eigenvalue weighted by molar-refractivity contribution is -0.138. The van der Waals surface area contributed by atoms with Crippen molar-refractivity contribution in [1.29, 1.82) is 0 Å². The molecule has 0 aromatic carbocycles. The third-order valence-corrected chi connectivity index (χ3v) is 2.94. The topological polar surface area (TPSA) is 62.4 Å². The Bertz CT molecular complexity index is 272. The first-order valence-electron chi connectivity index (χ1n) is 6.28. The van der Waals surface area contributed by atoms with E-state index in [-0.39, 0.29) is 12.0 Å². The van der Waals surface area contributed by atoms with E-state index in [2.05, 4.69) is 15.7 Å². The third kappa shape index (κ3) is 6.09. The number of hydrazine groups is 1. The van der Waals surface area contributed by atoms with Crippen LogP contribution in [0.5, 0.6) is 0 Å². The molecule has 106 valence electrons. The molecule has 4 N–H and O–H groups in total. The van der Waals surface area contributed by atoms with Crippen LogP contribution < -0.4 is 16.6 Å². The van der Waals surface area contributed by atoms with Gasteiger partial charge in [0.05, 0.1) is 12.5 Å². The van der Waals surface area contributed by atoms with Crippen LogP contribution in [0.1, 0.15) is 45.4 Å². The van der Waals surface area contributed by atoms with Crippen LogP contribution in [0.2, 0.25) is 0 Å². The van der Waals surface area contributed by atoms with Crippen molar-refractivity contribution in [2.45, 2.75) is 63.7 Å². The van der Waals surface area contributed by atoms with Crippen molar-refractivity contribution in [3.05, 3.63) is 0 Å². The van der Waals surface area contributed by atoms with Gasteiger partial charge in [-0.15, -0.1) is 0 Å². The summed E-state index contributed by atoms with van der Waals surface area (Å²) in [7, 11) is 0. The highest BCUT2D eigenvalue weighted by molar-refractivity contribution is 5.79. The van der Waals surface area contributed by atoms with Crippen molar-refractivity contribution in [2.75, 3.05) is 0 Å². The van der Waals surface area contributed by atoms with Gasteiger partial charge in [0.25, 0.3) is 0 Å². The minimum atomic E-state index is -4.18. The van der Waals surface area contributed by atoms with E-state index in [9.17, 15) is 13.2 Å². The van der Waals surface area contributed by atoms with E-state index in [1.54, 1.807) is 0 Å². The monoisotopic (exact) mass is 266 g/mol. The minimum absolute atomic E-state index is 0.162. The molecule has 7 heteroatoms. The average molecular weight is 266 g/mol. The van der Waals surface area contributed by atoms with Gasteiger partial charge in [-0.1, -0.05) is 19.3 Å². The van der Waals surface area contributed by atoms with Crippen LogP contribution in [0.25, 0.3) is 0 Å². The number of guanidine groups is 1. The number of halogens is 3. The third-order valence-electron chi connectivity index (χ3n) is 2.94. The van der Waals surface area contributed by atoms with Crippen molar-refractivity contribution >= 4 is 5.96 Å². The molecule has 0 aliphatic heterocycles. The molecule has 0 aromatic heterocycles. The fourth-order valence-electron chi connectivity index (χ4n) is 2.14. The lowest BCUT2D eigenvalue weighted by atomic mass is 9.96. The van der Waals surface area contributed by atoms with E-state index >= 15 is 0 Å². The van der Waals surface area contributed by atoms with Gasteiger partial charge in [-0.3, -0.25) is 5.43 Å². The van der Waals surface area contributed by atoms with Crippen LogP contribution in [0.4, 0.5) is 13.2 Å². The second-order valence-corrected chi connectivity index (χ2v) is 4.78. The summed E-state index contributed by atoms with van der Waals surface area (Å²) in [5.41, 5.74) is 2.34. The smallest absolute Gasteiger partial charge is 0.353 e. The zero-order valence-corrected chi connectivity index (χ0v) is 10.6. The Balaban J connectivity index is 2.47. The largest absolute Gasteiger partial charge is 0.391 e. The number of rotatable bonds is 3. The molecule has 0 saturated heterocycles. The Kier molecular flexibility index (Phi) is 5.71. The summed E-state index contributed by atoms with van der Waals surface area (Å²) in [5, 5.41) is 2.66. The van der Waals surface area contributed by atoms with Gasteiger partial charge in [0.15, 0.2) is 0 Å². The van der Waals surface area contributed by atoms with E-state index in [1.807, 2.05) is 0 Å². The first-order chi connectivity index (χ1) is 8.40. The quantitative estimate of drug-likeness (QED) is 0.317. The molecule has 0 aromatic rings. The summed E-state index contributed by atoms with van der Waals surface area (Å²) in [6.45, 7) is 1.46. The molecule has 1 saturated carbocycles. The standard InChI is InChI=1S/C11H21F3N4/c1-8(7-11(12,13)14)16-10(18-15)17-9-5-3-2-4-6-9/h8-9H,2-7,15H2,1H3,(H2,16,17,18). The summed E-state index contributed by atoms with van der Waals surface area (Å²) in [6.07, 6.45) is 0.292. The number of nitrogens with two attached hydrogens (primary N) is 1. The van der Waals surface area contributed by atoms with Gasteiger partial charge in [0.1, 0.15) is 0 Å². The maximum Gasteiger partial charge on any atom is 0.391 e. The predicted molar refractivity (Wildman–Crippen MR) is 64.9 cm³/mol. The second kappa shape index (κ2) is 6.82. The minimum Gasteiger partial charge on any atom is -0.353 e. The molecule has 0 bridgehead atoms. The Morgan fingerprint density at radius 2 is 1.94 bits per heavy atom. The van der Waals surface area contributed by atoms with Crippen molar-refractivity contribution in [3.8, 4) is 0 Å². The van der Waals surface area contributed by atoms with Crippen molar-refractivity contribution < 1.29 is 13.2 Å². The predicted octanol–water partition coefficient (Wildman–Crippen LogP) is 2.07. The highest BCUT2D eigenvalue weighted by Crippen LogP contribution is 2.22. The van der Waals surface area contributed by atoms with Crippen LogP contribution in [0, 0.1) is 0 Å². The van der Waals surface area contributed by atoms with Crippen LogP contribution >= 0.6 is 0 Å². The SMILES string of the molecule is CC(CC(F)(F)F)NC(=NC1CCCCC1)NN. The average Bonchev–Trinajstić information content (AvgIpc) is 2.27. The summed E-state index contributed by atoms with van der Waals surface area (Å²) in [5.74, 6) is 5.53. The van der Waals surface area contributed by atoms with E-state index in [1.165, 1.54) is 13.3 Å². The molecular weight excluding hydrogens is 245 g/mol. The lowest BCUT2D eigenvalue weighted by Crippen LogP contribution is -2.47. The molecule has 0 radical (unpaired) electrons. The first-order valence-corrected chi connectivity index (χ1v) is 6.28. The van der Waals surface area contributed by atoms with E-state index in [0.29, 0.717) is 0 Å². The van der Waals surface area contributed by atoms with Gasteiger partial charge >= 0.3 is 6.18 Å². The fraction of sp³-hybridized carbons (Fsp3) is 0.909. The normalized spacial score (nSPS) is 20.6. The van der Waals surface area contributed by atoms with Crippen molar-refractivity contribution in [1.82, 2.24) is 10.7 Å². The molecule has 1 aliphatic carbocycles. The molecule has 0 heterocycles. The Morgan fingerprint density at radius 1 is 1.33 bits per heavy atom. The fourth-order valence-corrected chi connectivity index (χ4v) is 2.14. The molecule has 4 nitrogen and oxygen atoms in total. The van der Waals surface area contributed by atoms with E-state index in [0.717, 1.165) is 25.7 Å². The lowest BCUT2D eigenvalue weighted by Gasteiger charge is -2.22. The molecule has 1 atom stereocenters. The van der Waals surface area contributed by atoms with Crippen LogP contribution in [-0.2, 0) is 0 Å². The Labute approximate surface area is 105 Å². The maximum atomic E-state index is 12.2. The van der Waals surface area contributed by atoms with Gasteiger partial charge in [0.2, 0.25) is 5.96 Å². The van der Waals surface area contributed by atoms with Gasteiger partial charge < -0.3 is 5.32 Å². The Morgan fingerprint density at radius 3 is 2.44 bits per heavy atom. The molecule has 1 aliphatic rings. The number of nitrogens with one attached hydrogen (secondary N) is 2. The van der Waals surface area contributed by atoms with Crippen molar-refractivity contribution in [3.63, 3.8) is 0 Å². The second-order valence-electron chi connectivity index (χ2n) is 4.78. The number of hydrogen-bond donors (Lipinski definition) is 3. The number of aliphatic imine (C=N–C) groups is 1. The molecule has 1 rings (SSSR count). The maximum absolute atomic E-state index is 12.2. The van der Waals surface area contributed by atoms with Gasteiger partial charge in [-0.25, -0.2) is 10.8 Å². The van der Waals surface area contributed by atoms with Crippen molar-refractivity contribution in [2.24, 2.45) is 10.8 Å². The van der Waals surface area contributed by atoms with E-state index in [4.69, 9.17) is 5.84 Å². The molecule has 18 heavy (non-hydrogen) atoms. The number of nitrogens with zero attached hydrogens (tertiary/aromatic N) is 1. The van der Waals surface area contributed by atoms with Gasteiger partial charge in [-0.05, 0) is 19.8 Å². The van der Waals surface area contributed by atoms with Gasteiger partial charge in [-0.2, -0.15) is 13.2 Å². The summed E-state index contributed by atoms with van der Waals surface area (Å²) in [6, 6.07) is -0.584. The molecule has 1 fully saturated rings.